The number of sulfonamides is 1. The van der Waals surface area contributed by atoms with Crippen LogP contribution in [0.3, 0.4) is 0 Å². The molecular weight excluding hydrogens is 455 g/mol. The van der Waals surface area contributed by atoms with E-state index in [1.807, 2.05) is 11.9 Å². The zero-order chi connectivity index (χ0) is 22.2. The van der Waals surface area contributed by atoms with E-state index in [9.17, 15) is 21.6 Å². The van der Waals surface area contributed by atoms with Gasteiger partial charge in [0.25, 0.3) is 10.0 Å². The van der Waals surface area contributed by atoms with E-state index in [1.54, 1.807) is 6.07 Å². The van der Waals surface area contributed by atoms with Gasteiger partial charge in [0.15, 0.2) is 0 Å². The molecule has 0 aliphatic carbocycles. The number of rotatable bonds is 6. The van der Waals surface area contributed by atoms with Crippen LogP contribution in [0.1, 0.15) is 12.0 Å². The van der Waals surface area contributed by atoms with Gasteiger partial charge < -0.3 is 14.2 Å². The molecule has 0 unspecified atom stereocenters. The van der Waals surface area contributed by atoms with Crippen LogP contribution in [-0.4, -0.2) is 44.7 Å². The normalized spacial score (nSPS) is 17.7. The molecular formula is C19H18F3N3O4S2. The standard InChI is InChI=1S/C19H18F3N3O4S2/c1-25-9-7-12(11-25)29-15-4-2-3-14(18(15)19(20,21)22)24-31(26,27)17-6-5-16(30-17)13-8-10-28-23-13/h2-6,8,10,12,24H,7,9,11H2,1H3/t12-/m1/s1. The van der Waals surface area contributed by atoms with Crippen molar-refractivity contribution in [2.45, 2.75) is 22.9 Å². The fraction of sp³-hybridized carbons (Fsp3) is 0.316. The fourth-order valence-corrected chi connectivity index (χ4v) is 5.65. The molecule has 0 amide bonds. The van der Waals surface area contributed by atoms with E-state index >= 15 is 0 Å². The van der Waals surface area contributed by atoms with E-state index in [2.05, 4.69) is 9.88 Å². The largest absolute Gasteiger partial charge is 0.488 e. The van der Waals surface area contributed by atoms with Crippen molar-refractivity contribution in [3.05, 3.63) is 48.2 Å². The molecule has 31 heavy (non-hydrogen) atoms. The third-order valence-corrected chi connectivity index (χ3v) is 7.70. The summed E-state index contributed by atoms with van der Waals surface area (Å²) in [5.41, 5.74) is -1.31. The maximum absolute atomic E-state index is 13.9. The monoisotopic (exact) mass is 473 g/mol. The molecule has 1 saturated heterocycles. The van der Waals surface area contributed by atoms with Crippen molar-refractivity contribution in [1.82, 2.24) is 10.1 Å². The highest BCUT2D eigenvalue weighted by atomic mass is 32.2. The van der Waals surface area contributed by atoms with Crippen LogP contribution >= 0.6 is 11.3 Å². The van der Waals surface area contributed by atoms with E-state index in [0.29, 0.717) is 30.1 Å². The average molecular weight is 473 g/mol. The number of aromatic nitrogens is 1. The lowest BCUT2D eigenvalue weighted by Crippen LogP contribution is -2.23. The maximum atomic E-state index is 13.9. The number of halogens is 3. The SMILES string of the molecule is CN1CC[C@@H](Oc2cccc(NS(=O)(=O)c3ccc(-c4ccon4)s3)c2C(F)(F)F)C1. The van der Waals surface area contributed by atoms with Crippen LogP contribution in [0.2, 0.25) is 0 Å². The van der Waals surface area contributed by atoms with Crippen LogP contribution in [0.25, 0.3) is 10.6 Å². The van der Waals surface area contributed by atoms with Crippen LogP contribution in [0.5, 0.6) is 5.75 Å². The number of ether oxygens (including phenoxy) is 1. The summed E-state index contributed by atoms with van der Waals surface area (Å²) in [6.45, 7) is 1.21. The molecule has 1 fully saturated rings. The molecule has 2 aromatic heterocycles. The molecule has 1 aliphatic rings. The van der Waals surface area contributed by atoms with E-state index in [4.69, 9.17) is 9.26 Å². The minimum absolute atomic E-state index is 0.151. The van der Waals surface area contributed by atoms with Crippen molar-refractivity contribution in [1.29, 1.82) is 0 Å². The Hall–Kier alpha value is -2.57. The summed E-state index contributed by atoms with van der Waals surface area (Å²) < 4.78 is 79.5. The van der Waals surface area contributed by atoms with Gasteiger partial charge in [-0.05, 0) is 37.7 Å². The number of thiophene rings is 1. The first kappa shape index (κ1) is 21.7. The molecule has 1 atom stereocenters. The summed E-state index contributed by atoms with van der Waals surface area (Å²) in [7, 11) is -2.42. The Labute approximate surface area is 180 Å². The van der Waals surface area contributed by atoms with Crippen molar-refractivity contribution < 1.29 is 30.8 Å². The smallest absolute Gasteiger partial charge is 0.421 e. The van der Waals surface area contributed by atoms with Gasteiger partial charge in [-0.15, -0.1) is 11.3 Å². The number of alkyl halides is 3. The number of hydrogen-bond acceptors (Lipinski definition) is 7. The van der Waals surface area contributed by atoms with E-state index in [0.717, 1.165) is 17.4 Å². The van der Waals surface area contributed by atoms with Gasteiger partial charge in [0.2, 0.25) is 0 Å². The fourth-order valence-electron chi connectivity index (χ4n) is 3.31. The Morgan fingerprint density at radius 3 is 2.71 bits per heavy atom. The number of benzene rings is 1. The zero-order valence-corrected chi connectivity index (χ0v) is 17.9. The minimum atomic E-state index is -4.82. The van der Waals surface area contributed by atoms with Crippen LogP contribution in [0.15, 0.2) is 51.4 Å². The van der Waals surface area contributed by atoms with E-state index in [1.165, 1.54) is 30.5 Å². The topological polar surface area (TPSA) is 84.7 Å². The summed E-state index contributed by atoms with van der Waals surface area (Å²) in [5, 5.41) is 3.73. The van der Waals surface area contributed by atoms with Crippen molar-refractivity contribution in [3.63, 3.8) is 0 Å². The van der Waals surface area contributed by atoms with E-state index in [-0.39, 0.29) is 4.21 Å². The highest BCUT2D eigenvalue weighted by Crippen LogP contribution is 2.43. The van der Waals surface area contributed by atoms with Crippen LogP contribution < -0.4 is 9.46 Å². The Kier molecular flexibility index (Phi) is 5.71. The molecule has 1 N–H and O–H groups in total. The first-order valence-corrected chi connectivity index (χ1v) is 11.5. The third-order valence-electron chi connectivity index (χ3n) is 4.73. The Bertz CT molecular complexity index is 1160. The molecule has 3 aromatic rings. The predicted octanol–water partition coefficient (Wildman–Crippen LogP) is 4.31. The summed E-state index contributed by atoms with van der Waals surface area (Å²) in [4.78, 5) is 2.46. The van der Waals surface area contributed by atoms with Gasteiger partial charge >= 0.3 is 6.18 Å². The molecule has 0 spiro atoms. The van der Waals surface area contributed by atoms with Gasteiger partial charge in [-0.3, -0.25) is 4.72 Å². The molecule has 4 rings (SSSR count). The number of nitrogens with one attached hydrogen (secondary N) is 1. The summed E-state index contributed by atoms with van der Waals surface area (Å²) in [6.07, 6.45) is -3.30. The van der Waals surface area contributed by atoms with Crippen LogP contribution in [0, 0.1) is 0 Å². The van der Waals surface area contributed by atoms with Gasteiger partial charge in [-0.1, -0.05) is 11.2 Å². The second kappa shape index (κ2) is 8.17. The first-order valence-electron chi connectivity index (χ1n) is 9.22. The number of likely N-dealkylation sites (tertiary alicyclic amines) is 1. The molecule has 1 aromatic carbocycles. The van der Waals surface area contributed by atoms with Crippen molar-refractivity contribution in [3.8, 4) is 16.3 Å². The second-order valence-electron chi connectivity index (χ2n) is 7.08. The number of likely N-dealkylation sites (N-methyl/N-ethyl adjacent to an activating group) is 1. The second-order valence-corrected chi connectivity index (χ2v) is 10.1. The lowest BCUT2D eigenvalue weighted by molar-refractivity contribution is -0.138. The average Bonchev–Trinajstić information content (AvgIpc) is 3.42. The maximum Gasteiger partial charge on any atom is 0.421 e. The minimum Gasteiger partial charge on any atom is -0.488 e. The number of anilines is 1. The zero-order valence-electron chi connectivity index (χ0n) is 16.2. The van der Waals surface area contributed by atoms with Gasteiger partial charge in [-0.25, -0.2) is 8.42 Å². The third kappa shape index (κ3) is 4.70. The first-order chi connectivity index (χ1) is 14.6. The predicted molar refractivity (Wildman–Crippen MR) is 109 cm³/mol. The summed E-state index contributed by atoms with van der Waals surface area (Å²) >= 11 is 0.870. The molecule has 12 heteroatoms. The summed E-state index contributed by atoms with van der Waals surface area (Å²) in [6, 6.07) is 7.97. The van der Waals surface area contributed by atoms with Gasteiger partial charge in [0, 0.05) is 19.2 Å². The van der Waals surface area contributed by atoms with Gasteiger partial charge in [-0.2, -0.15) is 13.2 Å². The number of nitrogens with zero attached hydrogens (tertiary/aromatic N) is 2. The highest BCUT2D eigenvalue weighted by Gasteiger charge is 2.39. The summed E-state index contributed by atoms with van der Waals surface area (Å²) in [5.74, 6) is -0.400. The molecule has 0 radical (unpaired) electrons. The Morgan fingerprint density at radius 2 is 2.06 bits per heavy atom. The number of hydrogen-bond donors (Lipinski definition) is 1. The molecule has 1 aliphatic heterocycles. The molecule has 7 nitrogen and oxygen atoms in total. The van der Waals surface area contributed by atoms with Crippen LogP contribution in [-0.2, 0) is 16.2 Å². The van der Waals surface area contributed by atoms with E-state index < -0.39 is 39.3 Å². The van der Waals surface area contributed by atoms with Crippen molar-refractivity contribution in [2.75, 3.05) is 24.9 Å². The molecule has 0 bridgehead atoms. The van der Waals surface area contributed by atoms with Crippen molar-refractivity contribution in [2.24, 2.45) is 0 Å². The molecule has 166 valence electrons. The molecule has 3 heterocycles. The van der Waals surface area contributed by atoms with Crippen molar-refractivity contribution >= 4 is 27.0 Å². The molecule has 0 saturated carbocycles. The Morgan fingerprint density at radius 1 is 1.26 bits per heavy atom. The highest BCUT2D eigenvalue weighted by molar-refractivity contribution is 7.94. The Balaban J connectivity index is 1.65. The quantitative estimate of drug-likeness (QED) is 0.575. The lowest BCUT2D eigenvalue weighted by atomic mass is 10.1. The van der Waals surface area contributed by atoms with Crippen LogP contribution in [0.4, 0.5) is 18.9 Å². The van der Waals surface area contributed by atoms with Gasteiger partial charge in [0.1, 0.15) is 33.6 Å². The van der Waals surface area contributed by atoms with Gasteiger partial charge in [0.05, 0.1) is 10.6 Å². The lowest BCUT2D eigenvalue weighted by Gasteiger charge is -2.21.